The Labute approximate surface area is 131 Å². The molecule has 22 heavy (non-hydrogen) atoms. The zero-order valence-corrected chi connectivity index (χ0v) is 13.3. The Morgan fingerprint density at radius 3 is 2.73 bits per heavy atom. The predicted molar refractivity (Wildman–Crippen MR) is 82.8 cm³/mol. The number of carbonyl (C=O) groups is 1. The molecule has 2 aliphatic rings. The highest BCUT2D eigenvalue weighted by molar-refractivity contribution is 5.78. The fourth-order valence-corrected chi connectivity index (χ4v) is 2.67. The lowest BCUT2D eigenvalue weighted by Crippen LogP contribution is -2.44. The zero-order valence-electron chi connectivity index (χ0n) is 13.3. The Morgan fingerprint density at radius 2 is 2.05 bits per heavy atom. The number of rotatable bonds is 5. The van der Waals surface area contributed by atoms with E-state index in [0.29, 0.717) is 18.5 Å². The molecule has 6 nitrogen and oxygen atoms in total. The van der Waals surface area contributed by atoms with E-state index in [2.05, 4.69) is 20.2 Å². The van der Waals surface area contributed by atoms with Crippen LogP contribution in [0, 0.1) is 13.8 Å². The van der Waals surface area contributed by atoms with Gasteiger partial charge in [0.05, 0.1) is 17.9 Å². The van der Waals surface area contributed by atoms with Gasteiger partial charge in [0.15, 0.2) is 0 Å². The molecule has 1 aliphatic carbocycles. The van der Waals surface area contributed by atoms with Crippen molar-refractivity contribution in [1.29, 1.82) is 0 Å². The van der Waals surface area contributed by atoms with E-state index in [1.807, 2.05) is 13.8 Å². The molecule has 6 heteroatoms. The predicted octanol–water partition coefficient (Wildman–Crippen LogP) is 1.22. The lowest BCUT2D eigenvalue weighted by molar-refractivity contribution is -0.122. The fourth-order valence-electron chi connectivity index (χ4n) is 2.67. The van der Waals surface area contributed by atoms with Gasteiger partial charge in [-0.2, -0.15) is 0 Å². The highest BCUT2D eigenvalue weighted by atomic mass is 16.5. The number of hydrogen-bond acceptors (Lipinski definition) is 5. The number of nitrogens with one attached hydrogen (secondary N) is 1. The summed E-state index contributed by atoms with van der Waals surface area (Å²) in [6.45, 7) is 6.12. The smallest absolute Gasteiger partial charge is 0.235 e. The van der Waals surface area contributed by atoms with Crippen LogP contribution in [0.25, 0.3) is 0 Å². The molecule has 0 unspecified atom stereocenters. The summed E-state index contributed by atoms with van der Waals surface area (Å²) in [6, 6.07) is 0.441. The van der Waals surface area contributed by atoms with Gasteiger partial charge in [0, 0.05) is 25.3 Å². The normalized spacial score (nSPS) is 19.9. The maximum absolute atomic E-state index is 11.8. The van der Waals surface area contributed by atoms with Crippen molar-refractivity contribution in [3.63, 3.8) is 0 Å². The number of nitrogens with zero attached hydrogens (tertiary/aromatic N) is 3. The van der Waals surface area contributed by atoms with E-state index < -0.39 is 0 Å². The van der Waals surface area contributed by atoms with Crippen LogP contribution in [0.5, 0.6) is 5.88 Å². The summed E-state index contributed by atoms with van der Waals surface area (Å²) >= 11 is 0. The second kappa shape index (κ2) is 6.60. The van der Waals surface area contributed by atoms with Crippen molar-refractivity contribution in [2.45, 2.75) is 51.7 Å². The van der Waals surface area contributed by atoms with E-state index in [-0.39, 0.29) is 12.0 Å². The van der Waals surface area contributed by atoms with Gasteiger partial charge in [-0.15, -0.1) is 0 Å². The maximum atomic E-state index is 11.8. The van der Waals surface area contributed by atoms with Crippen LogP contribution in [-0.4, -0.2) is 52.6 Å². The van der Waals surface area contributed by atoms with Crippen LogP contribution >= 0.6 is 0 Å². The third kappa shape index (κ3) is 4.16. The minimum Gasteiger partial charge on any atom is -0.473 e. The van der Waals surface area contributed by atoms with E-state index in [1.165, 1.54) is 0 Å². The van der Waals surface area contributed by atoms with Gasteiger partial charge < -0.3 is 10.1 Å². The van der Waals surface area contributed by atoms with Crippen LogP contribution in [0.2, 0.25) is 0 Å². The topological polar surface area (TPSA) is 67.3 Å². The Balaban J connectivity index is 1.45. The van der Waals surface area contributed by atoms with Gasteiger partial charge in [-0.25, -0.2) is 4.98 Å². The van der Waals surface area contributed by atoms with Crippen LogP contribution in [-0.2, 0) is 4.79 Å². The molecule has 1 amide bonds. The molecule has 1 aromatic rings. The standard InChI is InChI=1S/C16H24N4O2/c1-11-9-17-12(2)16(18-11)22-14-5-7-20(8-6-14)10-15(21)19-13-3-4-13/h9,13-14H,3-8,10H2,1-2H3,(H,19,21). The van der Waals surface area contributed by atoms with Gasteiger partial charge in [0.1, 0.15) is 6.10 Å². The SMILES string of the molecule is Cc1cnc(C)c(OC2CCN(CC(=O)NC3CC3)CC2)n1. The van der Waals surface area contributed by atoms with Crippen LogP contribution in [0.1, 0.15) is 37.1 Å². The van der Waals surface area contributed by atoms with Gasteiger partial charge in [0.2, 0.25) is 11.8 Å². The minimum atomic E-state index is 0.155. The molecule has 2 fully saturated rings. The molecule has 120 valence electrons. The monoisotopic (exact) mass is 304 g/mol. The highest BCUT2D eigenvalue weighted by Crippen LogP contribution is 2.20. The average Bonchev–Trinajstić information content (AvgIpc) is 3.29. The molecule has 0 bridgehead atoms. The molecule has 3 rings (SSSR count). The third-order valence-electron chi connectivity index (χ3n) is 4.16. The molecule has 2 heterocycles. The Hall–Kier alpha value is -1.69. The van der Waals surface area contributed by atoms with E-state index in [9.17, 15) is 4.79 Å². The second-order valence-electron chi connectivity index (χ2n) is 6.34. The molecule has 1 N–H and O–H groups in total. The average molecular weight is 304 g/mol. The maximum Gasteiger partial charge on any atom is 0.235 e. The van der Waals surface area contributed by atoms with Gasteiger partial charge >= 0.3 is 0 Å². The molecule has 0 atom stereocenters. The Bertz CT molecular complexity index is 537. The van der Waals surface area contributed by atoms with Crippen molar-refractivity contribution in [3.05, 3.63) is 17.6 Å². The lowest BCUT2D eigenvalue weighted by atomic mass is 10.1. The van der Waals surface area contributed by atoms with Crippen LogP contribution in [0.3, 0.4) is 0 Å². The van der Waals surface area contributed by atoms with Crippen LogP contribution in [0.4, 0.5) is 0 Å². The van der Waals surface area contributed by atoms with Gasteiger partial charge in [-0.05, 0) is 39.5 Å². The largest absolute Gasteiger partial charge is 0.473 e. The number of piperidine rings is 1. The summed E-state index contributed by atoms with van der Waals surface area (Å²) in [4.78, 5) is 22.7. The number of ether oxygens (including phenoxy) is 1. The number of aromatic nitrogens is 2. The van der Waals surface area contributed by atoms with Crippen LogP contribution in [0.15, 0.2) is 6.20 Å². The summed E-state index contributed by atoms with van der Waals surface area (Å²) in [5.41, 5.74) is 1.70. The number of likely N-dealkylation sites (tertiary alicyclic amines) is 1. The van der Waals surface area contributed by atoms with E-state index in [0.717, 1.165) is 50.2 Å². The van der Waals surface area contributed by atoms with Crippen molar-refractivity contribution < 1.29 is 9.53 Å². The molecule has 1 saturated heterocycles. The van der Waals surface area contributed by atoms with E-state index in [4.69, 9.17) is 4.74 Å². The van der Waals surface area contributed by atoms with E-state index in [1.54, 1.807) is 6.20 Å². The number of carbonyl (C=O) groups excluding carboxylic acids is 1. The van der Waals surface area contributed by atoms with Gasteiger partial charge in [-0.3, -0.25) is 14.7 Å². The summed E-state index contributed by atoms with van der Waals surface area (Å²) in [5, 5.41) is 3.04. The van der Waals surface area contributed by atoms with Crippen molar-refractivity contribution in [2.75, 3.05) is 19.6 Å². The molecular weight excluding hydrogens is 280 g/mol. The summed E-state index contributed by atoms with van der Waals surface area (Å²) in [5.74, 6) is 0.798. The van der Waals surface area contributed by atoms with Crippen LogP contribution < -0.4 is 10.1 Å². The molecule has 1 saturated carbocycles. The first-order valence-electron chi connectivity index (χ1n) is 8.09. The van der Waals surface area contributed by atoms with Crippen molar-refractivity contribution in [1.82, 2.24) is 20.2 Å². The summed E-state index contributed by atoms with van der Waals surface area (Å²) in [7, 11) is 0. The van der Waals surface area contributed by atoms with Gasteiger partial charge in [-0.1, -0.05) is 0 Å². The Kier molecular flexibility index (Phi) is 4.57. The molecule has 0 radical (unpaired) electrons. The first-order valence-corrected chi connectivity index (χ1v) is 8.09. The first kappa shape index (κ1) is 15.2. The summed E-state index contributed by atoms with van der Waals surface area (Å²) < 4.78 is 5.99. The van der Waals surface area contributed by atoms with Gasteiger partial charge in [0.25, 0.3) is 0 Å². The quantitative estimate of drug-likeness (QED) is 0.886. The lowest BCUT2D eigenvalue weighted by Gasteiger charge is -2.31. The third-order valence-corrected chi connectivity index (χ3v) is 4.16. The number of amides is 1. The molecule has 1 aromatic heterocycles. The molecular formula is C16H24N4O2. The molecule has 0 spiro atoms. The summed E-state index contributed by atoms with van der Waals surface area (Å²) in [6.07, 6.45) is 6.04. The number of hydrogen-bond donors (Lipinski definition) is 1. The molecule has 0 aromatic carbocycles. The van der Waals surface area contributed by atoms with Crippen molar-refractivity contribution in [2.24, 2.45) is 0 Å². The highest BCUT2D eigenvalue weighted by Gasteiger charge is 2.26. The van der Waals surface area contributed by atoms with Crippen molar-refractivity contribution in [3.8, 4) is 5.88 Å². The first-order chi connectivity index (χ1) is 10.6. The number of aryl methyl sites for hydroxylation is 2. The van der Waals surface area contributed by atoms with E-state index >= 15 is 0 Å². The zero-order chi connectivity index (χ0) is 15.5. The second-order valence-corrected chi connectivity index (χ2v) is 6.34. The minimum absolute atomic E-state index is 0.155. The Morgan fingerprint density at radius 1 is 1.32 bits per heavy atom. The molecule has 1 aliphatic heterocycles. The fraction of sp³-hybridized carbons (Fsp3) is 0.688. The van der Waals surface area contributed by atoms with Crippen molar-refractivity contribution >= 4 is 5.91 Å².